The van der Waals surface area contributed by atoms with Crippen LogP contribution in [0.1, 0.15) is 16.1 Å². The molecule has 0 aliphatic carbocycles. The smallest absolute Gasteiger partial charge is 0.305 e. The minimum Gasteiger partial charge on any atom is -0.494 e. The molecule has 2 amide bonds. The van der Waals surface area contributed by atoms with Gasteiger partial charge in [0.2, 0.25) is 0 Å². The van der Waals surface area contributed by atoms with Crippen molar-refractivity contribution in [2.24, 2.45) is 0 Å². The van der Waals surface area contributed by atoms with Gasteiger partial charge in [0.1, 0.15) is 6.54 Å². The fourth-order valence-electron chi connectivity index (χ4n) is 2.14. The van der Waals surface area contributed by atoms with E-state index < -0.39 is 11.7 Å². The van der Waals surface area contributed by atoms with Gasteiger partial charge < -0.3 is 14.1 Å². The summed E-state index contributed by atoms with van der Waals surface area (Å²) < 4.78 is 23.4. The summed E-state index contributed by atoms with van der Waals surface area (Å²) in [4.78, 5) is 24.2. The molecule has 1 aromatic carbocycles. The number of hydrogen-bond acceptors (Lipinski definition) is 4. The molecule has 3 N–H and O–H groups in total. The number of likely N-dealkylation sites (N-methyl/N-ethyl adjacent to an activating group) is 1. The summed E-state index contributed by atoms with van der Waals surface area (Å²) in [5.74, 6) is -1.08. The van der Waals surface area contributed by atoms with Crippen molar-refractivity contribution >= 4 is 11.8 Å². The molecular formula is C16H19FN3O4+. The number of rotatable bonds is 6. The maximum atomic E-state index is 13.6. The lowest BCUT2D eigenvalue weighted by Gasteiger charge is -2.14. The molecule has 0 radical (unpaired) electrons. The highest BCUT2D eigenvalue weighted by atomic mass is 19.1. The van der Waals surface area contributed by atoms with Crippen LogP contribution < -0.4 is 20.5 Å². The van der Waals surface area contributed by atoms with Crippen molar-refractivity contribution in [2.75, 3.05) is 20.7 Å². The molecule has 0 saturated heterocycles. The molecule has 0 aliphatic rings. The average molecular weight is 336 g/mol. The number of halogens is 1. The molecular weight excluding hydrogens is 317 g/mol. The summed E-state index contributed by atoms with van der Waals surface area (Å²) in [6.45, 7) is 0.548. The largest absolute Gasteiger partial charge is 0.494 e. The Balaban J connectivity index is 1.79. The van der Waals surface area contributed by atoms with Crippen molar-refractivity contribution in [1.29, 1.82) is 0 Å². The minimum absolute atomic E-state index is 0.102. The third-order valence-electron chi connectivity index (χ3n) is 3.24. The molecule has 24 heavy (non-hydrogen) atoms. The molecule has 128 valence electrons. The molecule has 2 aromatic rings. The standard InChI is InChI=1S/C16H18FN3O4/c1-20(9-11-5-6-13(23-2)12(17)8-11)10-15(21)18-19-16(22)14-4-3-7-24-14/h3-8H,9-10H2,1-2H3,(H,18,21)(H,19,22)/p+1. The van der Waals surface area contributed by atoms with E-state index in [1.54, 1.807) is 25.2 Å². The molecule has 1 unspecified atom stereocenters. The zero-order valence-electron chi connectivity index (χ0n) is 13.4. The SMILES string of the molecule is COc1ccc(C[NH+](C)CC(=O)NNC(=O)c2ccco2)cc1F. The number of ether oxygens (including phenoxy) is 1. The Kier molecular flexibility index (Phi) is 5.91. The van der Waals surface area contributed by atoms with Gasteiger partial charge in [0.05, 0.1) is 20.4 Å². The van der Waals surface area contributed by atoms with Crippen LogP contribution in [-0.2, 0) is 11.3 Å². The number of quaternary nitrogens is 1. The summed E-state index contributed by atoms with van der Waals surface area (Å²) in [7, 11) is 3.19. The van der Waals surface area contributed by atoms with Crippen LogP contribution in [0.5, 0.6) is 5.75 Å². The number of methoxy groups -OCH3 is 1. The van der Waals surface area contributed by atoms with E-state index in [1.807, 2.05) is 0 Å². The Labute approximate surface area is 138 Å². The molecule has 0 aliphatic heterocycles. The van der Waals surface area contributed by atoms with Gasteiger partial charge in [-0.2, -0.15) is 0 Å². The second kappa shape index (κ2) is 8.11. The van der Waals surface area contributed by atoms with Crippen LogP contribution in [0.25, 0.3) is 0 Å². The lowest BCUT2D eigenvalue weighted by atomic mass is 10.2. The quantitative estimate of drug-likeness (QED) is 0.644. The van der Waals surface area contributed by atoms with E-state index in [0.717, 1.165) is 10.5 Å². The number of hydrazine groups is 1. The van der Waals surface area contributed by atoms with Crippen LogP contribution >= 0.6 is 0 Å². The van der Waals surface area contributed by atoms with Crippen molar-refractivity contribution in [1.82, 2.24) is 10.9 Å². The first-order chi connectivity index (χ1) is 11.5. The van der Waals surface area contributed by atoms with E-state index in [4.69, 9.17) is 9.15 Å². The van der Waals surface area contributed by atoms with E-state index in [0.29, 0.717) is 6.54 Å². The van der Waals surface area contributed by atoms with E-state index in [-0.39, 0.29) is 24.0 Å². The first kappa shape index (κ1) is 17.5. The average Bonchev–Trinajstić information content (AvgIpc) is 3.07. The maximum absolute atomic E-state index is 13.6. The molecule has 0 fully saturated rings. The Morgan fingerprint density at radius 2 is 2.08 bits per heavy atom. The Bertz CT molecular complexity index is 703. The second-order valence-corrected chi connectivity index (χ2v) is 5.26. The number of amides is 2. The summed E-state index contributed by atoms with van der Waals surface area (Å²) in [6.07, 6.45) is 1.36. The monoisotopic (exact) mass is 336 g/mol. The number of nitrogens with one attached hydrogen (secondary N) is 3. The predicted octanol–water partition coefficient (Wildman–Crippen LogP) is -0.0968. The van der Waals surface area contributed by atoms with Crippen molar-refractivity contribution in [3.63, 3.8) is 0 Å². The predicted molar refractivity (Wildman–Crippen MR) is 82.7 cm³/mol. The number of hydrogen-bond donors (Lipinski definition) is 3. The molecule has 2 rings (SSSR count). The Hall–Kier alpha value is -2.87. The van der Waals surface area contributed by atoms with Gasteiger partial charge in [0, 0.05) is 5.56 Å². The highest BCUT2D eigenvalue weighted by Gasteiger charge is 2.14. The zero-order chi connectivity index (χ0) is 17.5. The first-order valence-corrected chi connectivity index (χ1v) is 7.26. The van der Waals surface area contributed by atoms with Crippen LogP contribution in [-0.4, -0.2) is 32.5 Å². The number of carbonyl (C=O) groups is 2. The number of furan rings is 1. The highest BCUT2D eigenvalue weighted by Crippen LogP contribution is 2.16. The molecule has 7 nitrogen and oxygen atoms in total. The number of carbonyl (C=O) groups excluding carboxylic acids is 2. The van der Waals surface area contributed by atoms with Crippen LogP contribution in [0.3, 0.4) is 0 Å². The fraction of sp³-hybridized carbons (Fsp3) is 0.250. The summed E-state index contributed by atoms with van der Waals surface area (Å²) >= 11 is 0. The molecule has 1 heterocycles. The Morgan fingerprint density at radius 1 is 1.29 bits per heavy atom. The van der Waals surface area contributed by atoms with Crippen molar-refractivity contribution in [3.05, 3.63) is 53.7 Å². The van der Waals surface area contributed by atoms with E-state index in [9.17, 15) is 14.0 Å². The van der Waals surface area contributed by atoms with Crippen LogP contribution in [0.2, 0.25) is 0 Å². The molecule has 8 heteroatoms. The second-order valence-electron chi connectivity index (χ2n) is 5.26. The van der Waals surface area contributed by atoms with Gasteiger partial charge in [-0.3, -0.25) is 20.4 Å². The highest BCUT2D eigenvalue weighted by molar-refractivity contribution is 5.92. The summed E-state index contributed by atoms with van der Waals surface area (Å²) in [6, 6.07) is 7.71. The first-order valence-electron chi connectivity index (χ1n) is 7.26. The van der Waals surface area contributed by atoms with Gasteiger partial charge in [0.15, 0.2) is 23.9 Å². The zero-order valence-corrected chi connectivity index (χ0v) is 13.4. The maximum Gasteiger partial charge on any atom is 0.305 e. The van der Waals surface area contributed by atoms with Gasteiger partial charge >= 0.3 is 5.91 Å². The third-order valence-corrected chi connectivity index (χ3v) is 3.24. The minimum atomic E-state index is -0.539. The van der Waals surface area contributed by atoms with E-state index in [2.05, 4.69) is 10.9 Å². The van der Waals surface area contributed by atoms with E-state index >= 15 is 0 Å². The van der Waals surface area contributed by atoms with Crippen LogP contribution in [0.4, 0.5) is 4.39 Å². The molecule has 0 bridgehead atoms. The number of benzene rings is 1. The van der Waals surface area contributed by atoms with Crippen molar-refractivity contribution in [2.45, 2.75) is 6.54 Å². The van der Waals surface area contributed by atoms with Gasteiger partial charge in [-0.05, 0) is 30.3 Å². The van der Waals surface area contributed by atoms with Crippen molar-refractivity contribution in [3.8, 4) is 5.75 Å². The van der Waals surface area contributed by atoms with Crippen LogP contribution in [0.15, 0.2) is 41.0 Å². The fourth-order valence-corrected chi connectivity index (χ4v) is 2.14. The lowest BCUT2D eigenvalue weighted by molar-refractivity contribution is -0.885. The molecule has 1 atom stereocenters. The van der Waals surface area contributed by atoms with Crippen LogP contribution in [0, 0.1) is 5.82 Å². The normalized spacial score (nSPS) is 11.6. The Morgan fingerprint density at radius 3 is 2.71 bits per heavy atom. The lowest BCUT2D eigenvalue weighted by Crippen LogP contribution is -3.09. The summed E-state index contributed by atoms with van der Waals surface area (Å²) in [5, 5.41) is 0. The van der Waals surface area contributed by atoms with Crippen molar-refractivity contribution < 1.29 is 28.0 Å². The molecule has 0 spiro atoms. The molecule has 1 aromatic heterocycles. The van der Waals surface area contributed by atoms with Gasteiger partial charge in [-0.25, -0.2) is 4.39 Å². The third kappa shape index (κ3) is 4.82. The van der Waals surface area contributed by atoms with E-state index in [1.165, 1.54) is 25.5 Å². The van der Waals surface area contributed by atoms with Gasteiger partial charge in [0.25, 0.3) is 5.91 Å². The van der Waals surface area contributed by atoms with Gasteiger partial charge in [-0.15, -0.1) is 0 Å². The topological polar surface area (TPSA) is 85.0 Å². The molecule has 0 saturated carbocycles. The van der Waals surface area contributed by atoms with Gasteiger partial charge in [-0.1, -0.05) is 0 Å². The summed E-state index contributed by atoms with van der Waals surface area (Å²) in [5.41, 5.74) is 5.29.